The van der Waals surface area contributed by atoms with Gasteiger partial charge in [0.2, 0.25) is 0 Å². The molecular weight excluding hydrogens is 168 g/mol. The van der Waals surface area contributed by atoms with Crippen molar-refractivity contribution in [2.45, 2.75) is 13.3 Å². The molecular formula is C9H16N2S. The molecule has 1 aromatic heterocycles. The van der Waals surface area contributed by atoms with Crippen LogP contribution in [0.3, 0.4) is 0 Å². The first-order valence-electron chi connectivity index (χ1n) is 4.30. The molecule has 1 unspecified atom stereocenters. The number of thiophene rings is 1. The number of hydrogen-bond acceptors (Lipinski definition) is 3. The van der Waals surface area contributed by atoms with Crippen LogP contribution in [0.15, 0.2) is 17.5 Å². The molecule has 3 heteroatoms. The molecule has 12 heavy (non-hydrogen) atoms. The highest BCUT2D eigenvalue weighted by atomic mass is 32.1. The summed E-state index contributed by atoms with van der Waals surface area (Å²) in [6.07, 6.45) is 1.15. The van der Waals surface area contributed by atoms with Crippen LogP contribution >= 0.6 is 11.3 Å². The zero-order valence-electron chi connectivity index (χ0n) is 7.42. The summed E-state index contributed by atoms with van der Waals surface area (Å²) in [6.45, 7) is 3.99. The average molecular weight is 184 g/mol. The van der Waals surface area contributed by atoms with Gasteiger partial charge in [-0.1, -0.05) is 6.92 Å². The summed E-state index contributed by atoms with van der Waals surface area (Å²) in [6, 6.07) is 4.15. The lowest BCUT2D eigenvalue weighted by molar-refractivity contribution is 0.562. The molecule has 0 amide bonds. The molecule has 0 saturated heterocycles. The van der Waals surface area contributed by atoms with Gasteiger partial charge in [-0.25, -0.2) is 0 Å². The molecule has 3 N–H and O–H groups in total. The lowest BCUT2D eigenvalue weighted by atomic mass is 10.1. The van der Waals surface area contributed by atoms with Crippen molar-refractivity contribution in [3.8, 4) is 0 Å². The molecule has 1 aromatic rings. The van der Waals surface area contributed by atoms with E-state index in [-0.39, 0.29) is 0 Å². The smallest absolute Gasteiger partial charge is 0.0882 e. The minimum Gasteiger partial charge on any atom is -0.377 e. The first kappa shape index (κ1) is 9.55. The van der Waals surface area contributed by atoms with Crippen molar-refractivity contribution in [1.82, 2.24) is 0 Å². The van der Waals surface area contributed by atoms with E-state index >= 15 is 0 Å². The number of nitrogens with one attached hydrogen (secondary N) is 1. The van der Waals surface area contributed by atoms with Crippen LogP contribution in [0.2, 0.25) is 0 Å². The molecule has 0 radical (unpaired) electrons. The lowest BCUT2D eigenvalue weighted by Gasteiger charge is -2.08. The second-order valence-corrected chi connectivity index (χ2v) is 3.98. The average Bonchev–Trinajstić information content (AvgIpc) is 2.57. The minimum absolute atomic E-state index is 0.623. The van der Waals surface area contributed by atoms with E-state index in [1.807, 2.05) is 0 Å². The van der Waals surface area contributed by atoms with Crippen molar-refractivity contribution >= 4 is 16.3 Å². The van der Waals surface area contributed by atoms with Crippen molar-refractivity contribution in [1.29, 1.82) is 0 Å². The highest BCUT2D eigenvalue weighted by Gasteiger charge is 1.98. The predicted molar refractivity (Wildman–Crippen MR) is 55.6 cm³/mol. The monoisotopic (exact) mass is 184 g/mol. The fourth-order valence-corrected chi connectivity index (χ4v) is 1.59. The highest BCUT2D eigenvalue weighted by molar-refractivity contribution is 7.14. The van der Waals surface area contributed by atoms with Gasteiger partial charge in [-0.05, 0) is 36.4 Å². The Balaban J connectivity index is 2.11. The van der Waals surface area contributed by atoms with Gasteiger partial charge in [0.1, 0.15) is 0 Å². The van der Waals surface area contributed by atoms with Gasteiger partial charge in [-0.3, -0.25) is 0 Å². The topological polar surface area (TPSA) is 38.0 Å². The van der Waals surface area contributed by atoms with Crippen LogP contribution in [0.1, 0.15) is 13.3 Å². The first-order chi connectivity index (χ1) is 5.83. The van der Waals surface area contributed by atoms with E-state index in [2.05, 4.69) is 29.8 Å². The van der Waals surface area contributed by atoms with Crippen molar-refractivity contribution in [3.63, 3.8) is 0 Å². The van der Waals surface area contributed by atoms with E-state index in [0.717, 1.165) is 19.5 Å². The maximum absolute atomic E-state index is 5.51. The molecule has 1 atom stereocenters. The Morgan fingerprint density at radius 2 is 2.50 bits per heavy atom. The zero-order valence-corrected chi connectivity index (χ0v) is 8.23. The van der Waals surface area contributed by atoms with Gasteiger partial charge in [0.25, 0.3) is 0 Å². The van der Waals surface area contributed by atoms with Crippen molar-refractivity contribution in [2.24, 2.45) is 11.7 Å². The summed E-state index contributed by atoms with van der Waals surface area (Å²) < 4.78 is 0. The third-order valence-electron chi connectivity index (χ3n) is 1.86. The number of hydrogen-bond donors (Lipinski definition) is 2. The predicted octanol–water partition coefficient (Wildman–Crippen LogP) is 2.14. The van der Waals surface area contributed by atoms with Gasteiger partial charge in [-0.15, -0.1) is 11.3 Å². The Kier molecular flexibility index (Phi) is 4.11. The first-order valence-corrected chi connectivity index (χ1v) is 5.18. The van der Waals surface area contributed by atoms with Crippen LogP contribution in [0.5, 0.6) is 0 Å². The third-order valence-corrected chi connectivity index (χ3v) is 2.69. The Hall–Kier alpha value is -0.540. The standard InChI is InChI=1S/C9H16N2S/c1-8(7-10)4-5-11-9-3-2-6-12-9/h2-3,6,8,11H,4-5,7,10H2,1H3. The maximum atomic E-state index is 5.51. The minimum atomic E-state index is 0.623. The Bertz CT molecular complexity index is 196. The van der Waals surface area contributed by atoms with Crippen molar-refractivity contribution in [2.75, 3.05) is 18.4 Å². The van der Waals surface area contributed by atoms with Gasteiger partial charge in [0.15, 0.2) is 0 Å². The van der Waals surface area contributed by atoms with Gasteiger partial charge in [0, 0.05) is 6.54 Å². The van der Waals surface area contributed by atoms with Crippen LogP contribution in [0.25, 0.3) is 0 Å². The molecule has 0 aromatic carbocycles. The van der Waals surface area contributed by atoms with Crippen LogP contribution in [0.4, 0.5) is 5.00 Å². The molecule has 1 heterocycles. The molecule has 0 fully saturated rings. The molecule has 0 bridgehead atoms. The Labute approximate surface area is 77.8 Å². The number of anilines is 1. The lowest BCUT2D eigenvalue weighted by Crippen LogP contribution is -2.14. The maximum Gasteiger partial charge on any atom is 0.0882 e. The van der Waals surface area contributed by atoms with Gasteiger partial charge in [0.05, 0.1) is 5.00 Å². The van der Waals surface area contributed by atoms with E-state index in [4.69, 9.17) is 5.73 Å². The number of rotatable bonds is 5. The molecule has 0 aliphatic rings. The summed E-state index contributed by atoms with van der Waals surface area (Å²) in [4.78, 5) is 0. The quantitative estimate of drug-likeness (QED) is 0.736. The molecule has 0 aliphatic carbocycles. The van der Waals surface area contributed by atoms with E-state index in [0.29, 0.717) is 5.92 Å². The zero-order chi connectivity index (χ0) is 8.81. The molecule has 1 rings (SSSR count). The summed E-state index contributed by atoms with van der Waals surface area (Å²) in [5.41, 5.74) is 5.51. The molecule has 68 valence electrons. The van der Waals surface area contributed by atoms with Crippen molar-refractivity contribution in [3.05, 3.63) is 17.5 Å². The Morgan fingerprint density at radius 3 is 3.08 bits per heavy atom. The normalized spacial score (nSPS) is 12.8. The highest BCUT2D eigenvalue weighted by Crippen LogP contribution is 2.14. The molecule has 2 nitrogen and oxygen atoms in total. The summed E-state index contributed by atoms with van der Waals surface area (Å²) >= 11 is 1.74. The van der Waals surface area contributed by atoms with Crippen molar-refractivity contribution < 1.29 is 0 Å². The summed E-state index contributed by atoms with van der Waals surface area (Å²) in [7, 11) is 0. The van der Waals surface area contributed by atoms with E-state index in [9.17, 15) is 0 Å². The summed E-state index contributed by atoms with van der Waals surface area (Å²) in [5.74, 6) is 0.623. The third kappa shape index (κ3) is 3.24. The fraction of sp³-hybridized carbons (Fsp3) is 0.556. The van der Waals surface area contributed by atoms with E-state index in [1.54, 1.807) is 11.3 Å². The van der Waals surface area contributed by atoms with Gasteiger partial charge < -0.3 is 11.1 Å². The van der Waals surface area contributed by atoms with Crippen LogP contribution in [-0.4, -0.2) is 13.1 Å². The molecule has 0 spiro atoms. The molecule has 0 saturated carbocycles. The Morgan fingerprint density at radius 1 is 1.67 bits per heavy atom. The second kappa shape index (κ2) is 5.17. The van der Waals surface area contributed by atoms with Crippen LogP contribution < -0.4 is 11.1 Å². The van der Waals surface area contributed by atoms with E-state index in [1.165, 1.54) is 5.00 Å². The van der Waals surface area contributed by atoms with Crippen LogP contribution in [0, 0.1) is 5.92 Å². The van der Waals surface area contributed by atoms with Gasteiger partial charge in [-0.2, -0.15) is 0 Å². The SMILES string of the molecule is CC(CN)CCNc1cccs1. The van der Waals surface area contributed by atoms with Crippen LogP contribution in [-0.2, 0) is 0 Å². The fourth-order valence-electron chi connectivity index (χ4n) is 0.939. The second-order valence-electron chi connectivity index (χ2n) is 3.03. The van der Waals surface area contributed by atoms with E-state index < -0.39 is 0 Å². The summed E-state index contributed by atoms with van der Waals surface area (Å²) in [5, 5.41) is 6.68. The number of nitrogens with two attached hydrogens (primary N) is 1. The molecule has 0 aliphatic heterocycles. The van der Waals surface area contributed by atoms with Gasteiger partial charge >= 0.3 is 0 Å². The largest absolute Gasteiger partial charge is 0.377 e.